The minimum Gasteiger partial charge on any atom is -0.212 e. The molecule has 0 bridgehead atoms. The van der Waals surface area contributed by atoms with Crippen LogP contribution in [-0.2, 0) is 20.0 Å². The molecule has 0 unspecified atom stereocenters. The van der Waals surface area contributed by atoms with Gasteiger partial charge in [-0.15, -0.1) is 0 Å². The van der Waals surface area contributed by atoms with Gasteiger partial charge in [-0.2, -0.15) is 0 Å². The van der Waals surface area contributed by atoms with E-state index in [0.717, 1.165) is 12.8 Å². The SMILES string of the molecule is O=S(=O)(NCC1CCN(S(=O)(=O)C2CC2)CC1)c1ccccc1Cl. The lowest BCUT2D eigenvalue weighted by atomic mass is 9.99. The van der Waals surface area contributed by atoms with Crippen molar-refractivity contribution in [1.82, 2.24) is 9.03 Å². The third-order valence-electron chi connectivity index (χ3n) is 4.57. The number of piperidine rings is 1. The molecular formula is C15H21ClN2O4S2. The van der Waals surface area contributed by atoms with E-state index in [-0.39, 0.29) is 21.1 Å². The molecule has 0 aromatic heterocycles. The molecule has 2 aliphatic rings. The lowest BCUT2D eigenvalue weighted by Gasteiger charge is -2.31. The number of halogens is 1. The summed E-state index contributed by atoms with van der Waals surface area (Å²) in [4.78, 5) is 0.0698. The molecule has 6 nitrogen and oxygen atoms in total. The van der Waals surface area contributed by atoms with E-state index < -0.39 is 20.0 Å². The molecule has 9 heteroatoms. The van der Waals surface area contributed by atoms with E-state index in [4.69, 9.17) is 11.6 Å². The molecule has 1 aromatic rings. The summed E-state index contributed by atoms with van der Waals surface area (Å²) in [5.74, 6) is 0.132. The zero-order valence-electron chi connectivity index (χ0n) is 13.2. The van der Waals surface area contributed by atoms with E-state index in [2.05, 4.69) is 4.72 Å². The van der Waals surface area contributed by atoms with Crippen LogP contribution in [0.15, 0.2) is 29.2 Å². The van der Waals surface area contributed by atoms with Gasteiger partial charge in [0.1, 0.15) is 4.90 Å². The van der Waals surface area contributed by atoms with E-state index in [1.807, 2.05) is 0 Å². The summed E-state index contributed by atoms with van der Waals surface area (Å²) in [5, 5.41) is 0.00289. The molecular weight excluding hydrogens is 372 g/mol. The van der Waals surface area contributed by atoms with Gasteiger partial charge in [0.2, 0.25) is 20.0 Å². The quantitative estimate of drug-likeness (QED) is 0.800. The van der Waals surface area contributed by atoms with Gasteiger partial charge in [0.25, 0.3) is 0 Å². The average molecular weight is 393 g/mol. The Morgan fingerprint density at radius 1 is 1.04 bits per heavy atom. The van der Waals surface area contributed by atoms with Gasteiger partial charge >= 0.3 is 0 Å². The fraction of sp³-hybridized carbons (Fsp3) is 0.600. The summed E-state index contributed by atoms with van der Waals surface area (Å²) < 4.78 is 53.2. The van der Waals surface area contributed by atoms with Gasteiger partial charge in [-0.3, -0.25) is 0 Å². The summed E-state index contributed by atoms with van der Waals surface area (Å²) in [7, 11) is -6.78. The fourth-order valence-corrected chi connectivity index (χ4v) is 6.42. The van der Waals surface area contributed by atoms with E-state index >= 15 is 0 Å². The Hall–Kier alpha value is -0.670. The molecule has 1 N–H and O–H groups in total. The molecule has 24 heavy (non-hydrogen) atoms. The van der Waals surface area contributed by atoms with Crippen molar-refractivity contribution in [3.8, 4) is 0 Å². The normalized spacial score (nSPS) is 21.0. The Labute approximate surface area is 148 Å². The number of benzene rings is 1. The second-order valence-electron chi connectivity index (χ2n) is 6.37. The second-order valence-corrected chi connectivity index (χ2v) is 10.7. The fourth-order valence-electron chi connectivity index (χ4n) is 2.91. The number of hydrogen-bond donors (Lipinski definition) is 1. The van der Waals surface area contributed by atoms with Crippen LogP contribution in [0.4, 0.5) is 0 Å². The monoisotopic (exact) mass is 392 g/mol. The molecule has 0 spiro atoms. The number of rotatable bonds is 6. The lowest BCUT2D eigenvalue weighted by Crippen LogP contribution is -2.42. The zero-order valence-corrected chi connectivity index (χ0v) is 15.6. The van der Waals surface area contributed by atoms with Crippen LogP contribution < -0.4 is 4.72 Å². The minimum atomic E-state index is -3.65. The molecule has 0 amide bonds. The van der Waals surface area contributed by atoms with Gasteiger partial charge in [0.05, 0.1) is 10.3 Å². The molecule has 1 heterocycles. The number of nitrogens with zero attached hydrogens (tertiary/aromatic N) is 1. The van der Waals surface area contributed by atoms with E-state index in [1.165, 1.54) is 12.1 Å². The Balaban J connectivity index is 1.54. The third-order valence-corrected chi connectivity index (χ3v) is 8.89. The first kappa shape index (κ1) is 18.1. The molecule has 1 saturated carbocycles. The number of hydrogen-bond acceptors (Lipinski definition) is 4. The van der Waals surface area contributed by atoms with Crippen LogP contribution in [0.2, 0.25) is 5.02 Å². The van der Waals surface area contributed by atoms with Crippen molar-refractivity contribution in [3.63, 3.8) is 0 Å². The molecule has 1 aliphatic carbocycles. The van der Waals surface area contributed by atoms with Crippen molar-refractivity contribution in [2.75, 3.05) is 19.6 Å². The highest BCUT2D eigenvalue weighted by Gasteiger charge is 2.41. The van der Waals surface area contributed by atoms with Crippen LogP contribution in [0.1, 0.15) is 25.7 Å². The highest BCUT2D eigenvalue weighted by atomic mass is 35.5. The Bertz CT molecular complexity index is 799. The van der Waals surface area contributed by atoms with E-state index in [1.54, 1.807) is 16.4 Å². The van der Waals surface area contributed by atoms with Crippen LogP contribution in [-0.4, -0.2) is 46.0 Å². The van der Waals surface area contributed by atoms with Crippen molar-refractivity contribution in [2.45, 2.75) is 35.8 Å². The van der Waals surface area contributed by atoms with Crippen LogP contribution >= 0.6 is 11.6 Å². The Morgan fingerprint density at radius 2 is 1.67 bits per heavy atom. The van der Waals surface area contributed by atoms with Crippen molar-refractivity contribution in [2.24, 2.45) is 5.92 Å². The third kappa shape index (κ3) is 3.94. The zero-order chi connectivity index (χ0) is 17.4. The maximum atomic E-state index is 12.3. The molecule has 0 radical (unpaired) electrons. The summed E-state index contributed by atoms with van der Waals surface area (Å²) in [6, 6.07) is 6.31. The van der Waals surface area contributed by atoms with Crippen molar-refractivity contribution < 1.29 is 16.8 Å². The number of sulfonamides is 2. The van der Waals surface area contributed by atoms with Crippen LogP contribution in [0, 0.1) is 5.92 Å². The molecule has 2 fully saturated rings. The predicted octanol–water partition coefficient (Wildman–Crippen LogP) is 1.82. The van der Waals surface area contributed by atoms with Gasteiger partial charge in [-0.1, -0.05) is 23.7 Å². The first-order chi connectivity index (χ1) is 11.3. The van der Waals surface area contributed by atoms with Gasteiger partial charge in [0.15, 0.2) is 0 Å². The predicted molar refractivity (Wildman–Crippen MR) is 92.9 cm³/mol. The minimum absolute atomic E-state index is 0.0698. The average Bonchev–Trinajstić information content (AvgIpc) is 3.39. The van der Waals surface area contributed by atoms with Crippen LogP contribution in [0.25, 0.3) is 0 Å². The largest absolute Gasteiger partial charge is 0.242 e. The maximum absolute atomic E-state index is 12.3. The van der Waals surface area contributed by atoms with Crippen LogP contribution in [0.5, 0.6) is 0 Å². The summed E-state index contributed by atoms with van der Waals surface area (Å²) in [6.45, 7) is 1.24. The van der Waals surface area contributed by atoms with Crippen molar-refractivity contribution in [3.05, 3.63) is 29.3 Å². The first-order valence-electron chi connectivity index (χ1n) is 8.04. The highest BCUT2D eigenvalue weighted by molar-refractivity contribution is 7.90. The van der Waals surface area contributed by atoms with Crippen molar-refractivity contribution in [1.29, 1.82) is 0 Å². The first-order valence-corrected chi connectivity index (χ1v) is 11.4. The van der Waals surface area contributed by atoms with Gasteiger partial charge in [0, 0.05) is 19.6 Å². The van der Waals surface area contributed by atoms with Gasteiger partial charge < -0.3 is 0 Å². The Morgan fingerprint density at radius 3 is 2.25 bits per heavy atom. The van der Waals surface area contributed by atoms with E-state index in [0.29, 0.717) is 32.5 Å². The lowest BCUT2D eigenvalue weighted by molar-refractivity contribution is 0.274. The molecule has 1 aliphatic heterocycles. The standard InChI is InChI=1S/C15H21ClN2O4S2/c16-14-3-1-2-4-15(14)23(19,20)17-11-12-7-9-18(10-8-12)24(21,22)13-5-6-13/h1-4,12-13,17H,5-11H2. The second kappa shape index (κ2) is 6.92. The Kier molecular flexibility index (Phi) is 5.22. The maximum Gasteiger partial charge on any atom is 0.242 e. The summed E-state index contributed by atoms with van der Waals surface area (Å²) >= 11 is 5.94. The summed E-state index contributed by atoms with van der Waals surface area (Å²) in [6.07, 6.45) is 2.85. The van der Waals surface area contributed by atoms with Crippen molar-refractivity contribution >= 4 is 31.6 Å². The van der Waals surface area contributed by atoms with Gasteiger partial charge in [-0.05, 0) is 43.7 Å². The van der Waals surface area contributed by atoms with Gasteiger partial charge in [-0.25, -0.2) is 25.9 Å². The molecule has 134 valence electrons. The number of nitrogens with one attached hydrogen (secondary N) is 1. The summed E-state index contributed by atoms with van der Waals surface area (Å²) in [5.41, 5.74) is 0. The highest BCUT2D eigenvalue weighted by Crippen LogP contribution is 2.33. The molecule has 1 saturated heterocycles. The molecule has 1 aromatic carbocycles. The molecule has 3 rings (SSSR count). The molecule has 0 atom stereocenters. The van der Waals surface area contributed by atoms with Crippen LogP contribution in [0.3, 0.4) is 0 Å². The van der Waals surface area contributed by atoms with E-state index in [9.17, 15) is 16.8 Å². The smallest absolute Gasteiger partial charge is 0.212 e. The topological polar surface area (TPSA) is 83.6 Å².